The summed E-state index contributed by atoms with van der Waals surface area (Å²) in [5.74, 6) is 0.856. The molecular formula is C24H27ClN2O3S. The molecule has 0 amide bonds. The van der Waals surface area contributed by atoms with Crippen molar-refractivity contribution in [3.05, 3.63) is 58.9 Å². The van der Waals surface area contributed by atoms with E-state index in [1.54, 1.807) is 18.2 Å². The maximum atomic E-state index is 12.9. The van der Waals surface area contributed by atoms with Gasteiger partial charge in [0.2, 0.25) is 0 Å². The van der Waals surface area contributed by atoms with E-state index < -0.39 is 15.1 Å². The van der Waals surface area contributed by atoms with Crippen molar-refractivity contribution in [3.8, 4) is 0 Å². The normalized spacial score (nSPS) is 21.1. The monoisotopic (exact) mass is 458 g/mol. The van der Waals surface area contributed by atoms with Crippen LogP contribution in [0, 0.1) is 5.92 Å². The number of hydrogen-bond acceptors (Lipinski definition) is 4. The molecule has 7 heteroatoms. The molecule has 1 saturated heterocycles. The molecule has 3 aromatic rings. The fourth-order valence-electron chi connectivity index (χ4n) is 5.05. The van der Waals surface area contributed by atoms with Crippen LogP contribution < -0.4 is 0 Å². The van der Waals surface area contributed by atoms with E-state index >= 15 is 0 Å². The van der Waals surface area contributed by atoms with Crippen LogP contribution in [-0.2, 0) is 14.6 Å². The summed E-state index contributed by atoms with van der Waals surface area (Å²) >= 11 is 6.08. The first-order valence-corrected chi connectivity index (χ1v) is 13.0. The van der Waals surface area contributed by atoms with Crippen LogP contribution in [0.4, 0.5) is 0 Å². The number of nitrogens with one attached hydrogen (secondary N) is 1. The van der Waals surface area contributed by atoms with Gasteiger partial charge in [-0.1, -0.05) is 49.4 Å². The molecule has 2 aliphatic rings. The van der Waals surface area contributed by atoms with E-state index in [-0.39, 0.29) is 5.92 Å². The topological polar surface area (TPSA) is 72.0 Å². The Morgan fingerprint density at radius 1 is 1.10 bits per heavy atom. The number of hydrogen-bond donors (Lipinski definition) is 1. The molecule has 1 aromatic carbocycles. The van der Waals surface area contributed by atoms with Crippen molar-refractivity contribution in [2.75, 3.05) is 13.2 Å². The standard InChI is InChI=1S/C24H27ClN2O3S/c25-23-10-7-18-14-22(26-24(18)27-23)21(13-16-3-1-2-4-16)17-5-8-19(9-6-17)31(28,29)20-11-12-30-15-20/h5-10,14,16,20-21H,1-4,11-13,15H2,(H,26,27). The van der Waals surface area contributed by atoms with E-state index in [0.29, 0.717) is 35.6 Å². The van der Waals surface area contributed by atoms with Crippen molar-refractivity contribution >= 4 is 32.5 Å². The van der Waals surface area contributed by atoms with E-state index in [9.17, 15) is 8.42 Å². The van der Waals surface area contributed by atoms with E-state index in [2.05, 4.69) is 16.0 Å². The summed E-state index contributed by atoms with van der Waals surface area (Å²) in [6, 6.07) is 13.4. The molecule has 1 N–H and O–H groups in total. The number of nitrogens with zero attached hydrogens (tertiary/aromatic N) is 1. The number of aromatic nitrogens is 2. The van der Waals surface area contributed by atoms with E-state index in [1.165, 1.54) is 25.7 Å². The van der Waals surface area contributed by atoms with Gasteiger partial charge >= 0.3 is 0 Å². The number of H-pyrrole nitrogens is 1. The average Bonchev–Trinajstić information content (AvgIpc) is 3.53. The fourth-order valence-corrected chi connectivity index (χ4v) is 6.78. The van der Waals surface area contributed by atoms with Crippen LogP contribution in [0.5, 0.6) is 0 Å². The molecule has 3 heterocycles. The van der Waals surface area contributed by atoms with Gasteiger partial charge in [0.15, 0.2) is 9.84 Å². The van der Waals surface area contributed by atoms with Crippen molar-refractivity contribution in [3.63, 3.8) is 0 Å². The molecule has 164 valence electrons. The lowest BCUT2D eigenvalue weighted by Crippen LogP contribution is -2.21. The van der Waals surface area contributed by atoms with Gasteiger partial charge < -0.3 is 9.72 Å². The van der Waals surface area contributed by atoms with Crippen LogP contribution in [0.25, 0.3) is 11.0 Å². The molecule has 1 aliphatic carbocycles. The molecule has 0 radical (unpaired) electrons. The third-order valence-corrected chi connectivity index (χ3v) is 9.21. The second-order valence-corrected chi connectivity index (χ2v) is 11.5. The predicted molar refractivity (Wildman–Crippen MR) is 122 cm³/mol. The quantitative estimate of drug-likeness (QED) is 0.495. The third-order valence-electron chi connectivity index (χ3n) is 6.82. The van der Waals surface area contributed by atoms with E-state index in [1.807, 2.05) is 18.2 Å². The Balaban J connectivity index is 1.48. The van der Waals surface area contributed by atoms with Crippen molar-refractivity contribution in [1.82, 2.24) is 9.97 Å². The first kappa shape index (κ1) is 21.0. The van der Waals surface area contributed by atoms with E-state index in [4.69, 9.17) is 16.3 Å². The maximum absolute atomic E-state index is 12.9. The number of fused-ring (bicyclic) bond motifs is 1. The smallest absolute Gasteiger partial charge is 0.183 e. The minimum atomic E-state index is -3.35. The van der Waals surface area contributed by atoms with Gasteiger partial charge in [0, 0.05) is 23.6 Å². The highest BCUT2D eigenvalue weighted by atomic mass is 35.5. The fraction of sp³-hybridized carbons (Fsp3) is 0.458. The van der Waals surface area contributed by atoms with Crippen LogP contribution in [0.2, 0.25) is 5.15 Å². The summed E-state index contributed by atoms with van der Waals surface area (Å²) in [5, 5.41) is 1.08. The largest absolute Gasteiger partial charge is 0.380 e. The van der Waals surface area contributed by atoms with Crippen molar-refractivity contribution in [1.29, 1.82) is 0 Å². The highest BCUT2D eigenvalue weighted by molar-refractivity contribution is 7.92. The summed E-state index contributed by atoms with van der Waals surface area (Å²) < 4.78 is 31.1. The summed E-state index contributed by atoms with van der Waals surface area (Å²) in [4.78, 5) is 8.27. The SMILES string of the molecule is O=S(=O)(c1ccc(C(CC2CCCC2)c2cc3ccc(Cl)nc3[nH]2)cc1)C1CCOC1. The van der Waals surface area contributed by atoms with Gasteiger partial charge in [0.1, 0.15) is 10.8 Å². The lowest BCUT2D eigenvalue weighted by molar-refractivity contribution is 0.198. The summed E-state index contributed by atoms with van der Waals surface area (Å²) in [6.07, 6.45) is 6.72. The summed E-state index contributed by atoms with van der Waals surface area (Å²) in [5.41, 5.74) is 3.03. The molecule has 1 saturated carbocycles. The Morgan fingerprint density at radius 3 is 2.58 bits per heavy atom. The summed E-state index contributed by atoms with van der Waals surface area (Å²) in [6.45, 7) is 0.808. The molecule has 0 bridgehead atoms. The number of halogens is 1. The van der Waals surface area contributed by atoms with Gasteiger partial charge in [-0.05, 0) is 54.7 Å². The van der Waals surface area contributed by atoms with Crippen LogP contribution in [-0.4, -0.2) is 36.8 Å². The average molecular weight is 459 g/mol. The number of sulfone groups is 1. The molecule has 1 aliphatic heterocycles. The van der Waals surface area contributed by atoms with Crippen LogP contribution in [0.1, 0.15) is 55.7 Å². The zero-order valence-corrected chi connectivity index (χ0v) is 19.0. The molecule has 2 fully saturated rings. The third kappa shape index (κ3) is 4.26. The molecule has 5 nitrogen and oxygen atoms in total. The minimum absolute atomic E-state index is 0.169. The highest BCUT2D eigenvalue weighted by Gasteiger charge is 2.31. The van der Waals surface area contributed by atoms with Gasteiger partial charge in [-0.25, -0.2) is 13.4 Å². The first-order valence-electron chi connectivity index (χ1n) is 11.1. The van der Waals surface area contributed by atoms with Gasteiger partial charge in [-0.15, -0.1) is 0 Å². The molecule has 2 unspecified atom stereocenters. The Bertz CT molecular complexity index is 1160. The minimum Gasteiger partial charge on any atom is -0.380 e. The number of ether oxygens (including phenoxy) is 1. The lowest BCUT2D eigenvalue weighted by Gasteiger charge is -2.21. The molecule has 2 atom stereocenters. The zero-order valence-electron chi connectivity index (χ0n) is 17.4. The number of aromatic amines is 1. The lowest BCUT2D eigenvalue weighted by atomic mass is 9.86. The van der Waals surface area contributed by atoms with Crippen molar-refractivity contribution in [2.45, 2.75) is 54.6 Å². The van der Waals surface area contributed by atoms with Crippen LogP contribution >= 0.6 is 11.6 Å². The maximum Gasteiger partial charge on any atom is 0.183 e. The van der Waals surface area contributed by atoms with Gasteiger partial charge in [-0.3, -0.25) is 0 Å². The van der Waals surface area contributed by atoms with Crippen LogP contribution in [0.3, 0.4) is 0 Å². The Labute approximate surface area is 188 Å². The number of rotatable bonds is 6. The van der Waals surface area contributed by atoms with E-state index in [0.717, 1.165) is 28.7 Å². The predicted octanol–water partition coefficient (Wildman–Crippen LogP) is 5.49. The number of pyridine rings is 1. The van der Waals surface area contributed by atoms with Crippen molar-refractivity contribution < 1.29 is 13.2 Å². The Morgan fingerprint density at radius 2 is 1.87 bits per heavy atom. The Kier molecular flexibility index (Phi) is 5.80. The number of benzene rings is 1. The second-order valence-electron chi connectivity index (χ2n) is 8.83. The second kappa shape index (κ2) is 8.57. The molecule has 0 spiro atoms. The Hall–Kier alpha value is -1.89. The summed E-state index contributed by atoms with van der Waals surface area (Å²) in [7, 11) is -3.35. The zero-order chi connectivity index (χ0) is 21.4. The van der Waals surface area contributed by atoms with Gasteiger partial charge in [0.25, 0.3) is 0 Å². The molecule has 2 aromatic heterocycles. The highest BCUT2D eigenvalue weighted by Crippen LogP contribution is 2.38. The van der Waals surface area contributed by atoms with Crippen LogP contribution in [0.15, 0.2) is 47.4 Å². The van der Waals surface area contributed by atoms with Crippen molar-refractivity contribution in [2.24, 2.45) is 5.92 Å². The van der Waals surface area contributed by atoms with Gasteiger partial charge in [-0.2, -0.15) is 0 Å². The van der Waals surface area contributed by atoms with Gasteiger partial charge in [0.05, 0.1) is 16.8 Å². The first-order chi connectivity index (χ1) is 15.0. The molecule has 31 heavy (non-hydrogen) atoms. The molecular weight excluding hydrogens is 432 g/mol. The molecule has 5 rings (SSSR count).